The van der Waals surface area contributed by atoms with Gasteiger partial charge in [-0.1, -0.05) is 72.3 Å². The van der Waals surface area contributed by atoms with Crippen molar-refractivity contribution in [3.63, 3.8) is 0 Å². The number of carbonyl (C=O) groups excluding carboxylic acids is 1. The number of aryl methyl sites for hydroxylation is 1. The monoisotopic (exact) mass is 496 g/mol. The molecule has 0 saturated heterocycles. The maximum absolute atomic E-state index is 12.7. The highest BCUT2D eigenvalue weighted by molar-refractivity contribution is 6.32. The predicted molar refractivity (Wildman–Crippen MR) is 144 cm³/mol. The molecule has 180 valence electrons. The van der Waals surface area contributed by atoms with Crippen LogP contribution in [0.15, 0.2) is 84.4 Å². The molecule has 1 amide bonds. The van der Waals surface area contributed by atoms with E-state index in [1.807, 2.05) is 62.4 Å². The number of nitriles is 1. The summed E-state index contributed by atoms with van der Waals surface area (Å²) < 4.78 is 11.9. The zero-order valence-electron chi connectivity index (χ0n) is 20.0. The highest BCUT2D eigenvalue weighted by atomic mass is 35.5. The minimum Gasteiger partial charge on any atom is -0.490 e. The summed E-state index contributed by atoms with van der Waals surface area (Å²) in [7, 11) is 0. The van der Waals surface area contributed by atoms with E-state index in [0.717, 1.165) is 21.9 Å². The number of carbonyl (C=O) groups is 1. The summed E-state index contributed by atoms with van der Waals surface area (Å²) >= 11 is 6.59. The number of fused-ring (bicyclic) bond motifs is 1. The molecule has 0 aliphatic carbocycles. The van der Waals surface area contributed by atoms with Crippen molar-refractivity contribution in [2.75, 3.05) is 11.9 Å². The van der Waals surface area contributed by atoms with Crippen LogP contribution in [0.5, 0.6) is 11.5 Å². The molecule has 0 aliphatic rings. The molecule has 4 aromatic carbocycles. The first-order valence-electron chi connectivity index (χ1n) is 11.5. The van der Waals surface area contributed by atoms with Crippen LogP contribution in [0.25, 0.3) is 16.8 Å². The molecule has 6 heteroatoms. The molecule has 4 rings (SSSR count). The fraction of sp³-hybridized carbons (Fsp3) is 0.133. The van der Waals surface area contributed by atoms with Gasteiger partial charge in [0.2, 0.25) is 0 Å². The summed E-state index contributed by atoms with van der Waals surface area (Å²) in [5.41, 5.74) is 3.07. The molecule has 5 nitrogen and oxygen atoms in total. The molecule has 0 unspecified atom stereocenters. The Labute approximate surface area is 215 Å². The lowest BCUT2D eigenvalue weighted by Crippen LogP contribution is -2.14. The second-order valence-electron chi connectivity index (χ2n) is 8.13. The topological polar surface area (TPSA) is 71.3 Å². The molecule has 0 spiro atoms. The fourth-order valence-corrected chi connectivity index (χ4v) is 4.13. The Morgan fingerprint density at radius 3 is 2.56 bits per heavy atom. The number of ether oxygens (including phenoxy) is 2. The van der Waals surface area contributed by atoms with E-state index in [2.05, 4.69) is 23.5 Å². The standard InChI is InChI=1S/C30H25ClN2O3/c1-3-35-28-17-21(15-24(18-32)30(34)33-27-14-7-4-9-20(27)2)16-26(31)29(28)36-19-23-12-8-11-22-10-5-6-13-25(22)23/h4-17H,3,19H2,1-2H3,(H,33,34)/b24-15+. The smallest absolute Gasteiger partial charge is 0.266 e. The SMILES string of the molecule is CCOc1cc(/C=C(\C#N)C(=O)Nc2ccccc2C)cc(Cl)c1OCc1cccc2ccccc12. The van der Waals surface area contributed by atoms with Crippen LogP contribution in [0.1, 0.15) is 23.6 Å². The van der Waals surface area contributed by atoms with Gasteiger partial charge in [-0.3, -0.25) is 4.79 Å². The van der Waals surface area contributed by atoms with Gasteiger partial charge in [0.1, 0.15) is 18.2 Å². The van der Waals surface area contributed by atoms with E-state index in [0.29, 0.717) is 41.0 Å². The van der Waals surface area contributed by atoms with Crippen LogP contribution in [0.4, 0.5) is 5.69 Å². The van der Waals surface area contributed by atoms with Gasteiger partial charge < -0.3 is 14.8 Å². The summed E-state index contributed by atoms with van der Waals surface area (Å²) in [5.74, 6) is 0.344. The van der Waals surface area contributed by atoms with Crippen LogP contribution in [-0.2, 0) is 11.4 Å². The van der Waals surface area contributed by atoms with Crippen molar-refractivity contribution in [1.82, 2.24) is 0 Å². The van der Waals surface area contributed by atoms with Crippen molar-refractivity contribution >= 4 is 40.0 Å². The molecule has 0 fully saturated rings. The number of rotatable bonds is 8. The number of benzene rings is 4. The Morgan fingerprint density at radius 2 is 1.78 bits per heavy atom. The van der Waals surface area contributed by atoms with Crippen molar-refractivity contribution in [3.05, 3.63) is 106 Å². The molecule has 1 N–H and O–H groups in total. The van der Waals surface area contributed by atoms with Crippen LogP contribution >= 0.6 is 11.6 Å². The number of anilines is 1. The fourth-order valence-electron chi connectivity index (χ4n) is 3.86. The summed E-state index contributed by atoms with van der Waals surface area (Å²) in [5, 5.41) is 15.0. The summed E-state index contributed by atoms with van der Waals surface area (Å²) in [6.07, 6.45) is 1.48. The number of nitrogens with zero attached hydrogens (tertiary/aromatic N) is 1. The Morgan fingerprint density at radius 1 is 1.03 bits per heavy atom. The molecule has 36 heavy (non-hydrogen) atoms. The van der Waals surface area contributed by atoms with Gasteiger partial charge in [-0.2, -0.15) is 5.26 Å². The molecular formula is C30H25ClN2O3. The zero-order chi connectivity index (χ0) is 25.5. The van der Waals surface area contributed by atoms with Crippen LogP contribution in [0.2, 0.25) is 5.02 Å². The lowest BCUT2D eigenvalue weighted by molar-refractivity contribution is -0.112. The molecule has 0 aliphatic heterocycles. The van der Waals surface area contributed by atoms with Gasteiger partial charge in [0.05, 0.1) is 11.6 Å². The Balaban J connectivity index is 1.60. The van der Waals surface area contributed by atoms with E-state index in [9.17, 15) is 10.1 Å². The maximum atomic E-state index is 12.7. The lowest BCUT2D eigenvalue weighted by atomic mass is 10.1. The Hall–Kier alpha value is -4.27. The number of para-hydroxylation sites is 1. The first kappa shape index (κ1) is 24.8. The minimum atomic E-state index is -0.503. The third-order valence-corrected chi connectivity index (χ3v) is 5.93. The average molecular weight is 497 g/mol. The molecule has 0 saturated carbocycles. The van der Waals surface area contributed by atoms with Crippen molar-refractivity contribution in [3.8, 4) is 17.6 Å². The second-order valence-corrected chi connectivity index (χ2v) is 8.54. The van der Waals surface area contributed by atoms with Crippen molar-refractivity contribution in [2.24, 2.45) is 0 Å². The highest BCUT2D eigenvalue weighted by Gasteiger charge is 2.16. The van der Waals surface area contributed by atoms with Gasteiger partial charge in [-0.25, -0.2) is 0 Å². The number of nitrogens with one attached hydrogen (secondary N) is 1. The summed E-state index contributed by atoms with van der Waals surface area (Å²) in [4.78, 5) is 12.7. The van der Waals surface area contributed by atoms with Crippen molar-refractivity contribution in [1.29, 1.82) is 5.26 Å². The van der Waals surface area contributed by atoms with Crippen molar-refractivity contribution in [2.45, 2.75) is 20.5 Å². The van der Waals surface area contributed by atoms with Crippen molar-refractivity contribution < 1.29 is 14.3 Å². The number of hydrogen-bond donors (Lipinski definition) is 1. The largest absolute Gasteiger partial charge is 0.490 e. The van der Waals surface area contributed by atoms with E-state index in [4.69, 9.17) is 21.1 Å². The Kier molecular flexibility index (Phi) is 7.89. The third-order valence-electron chi connectivity index (χ3n) is 5.65. The van der Waals surface area contributed by atoms with E-state index in [-0.39, 0.29) is 5.57 Å². The molecule has 0 aromatic heterocycles. The number of hydrogen-bond acceptors (Lipinski definition) is 4. The predicted octanol–water partition coefficient (Wildman–Crippen LogP) is 7.33. The van der Waals surface area contributed by atoms with Crippen LogP contribution in [-0.4, -0.2) is 12.5 Å². The first-order chi connectivity index (χ1) is 17.5. The molecule has 0 bridgehead atoms. The van der Waals surface area contributed by atoms with Gasteiger partial charge in [0.25, 0.3) is 5.91 Å². The summed E-state index contributed by atoms with van der Waals surface area (Å²) in [6.45, 7) is 4.45. The molecule has 0 atom stereocenters. The van der Waals surface area contributed by atoms with E-state index < -0.39 is 5.91 Å². The second kappa shape index (κ2) is 11.4. The van der Waals surface area contributed by atoms with E-state index >= 15 is 0 Å². The van der Waals surface area contributed by atoms with E-state index in [1.54, 1.807) is 18.2 Å². The quantitative estimate of drug-likeness (QED) is 0.205. The zero-order valence-corrected chi connectivity index (χ0v) is 20.8. The molecule has 0 heterocycles. The van der Waals surface area contributed by atoms with E-state index in [1.165, 1.54) is 6.08 Å². The van der Waals surface area contributed by atoms with Crippen LogP contribution in [0.3, 0.4) is 0 Å². The maximum Gasteiger partial charge on any atom is 0.266 e. The van der Waals surface area contributed by atoms with Gasteiger partial charge in [0.15, 0.2) is 11.5 Å². The average Bonchev–Trinajstić information content (AvgIpc) is 2.88. The van der Waals surface area contributed by atoms with Gasteiger partial charge in [0, 0.05) is 5.69 Å². The van der Waals surface area contributed by atoms with Crippen LogP contribution < -0.4 is 14.8 Å². The number of halogens is 1. The Bertz CT molecular complexity index is 1480. The lowest BCUT2D eigenvalue weighted by Gasteiger charge is -2.15. The first-order valence-corrected chi connectivity index (χ1v) is 11.9. The molecule has 0 radical (unpaired) electrons. The van der Waals surface area contributed by atoms with Gasteiger partial charge in [-0.15, -0.1) is 0 Å². The molecular weight excluding hydrogens is 472 g/mol. The highest BCUT2D eigenvalue weighted by Crippen LogP contribution is 2.38. The van der Waals surface area contributed by atoms with Gasteiger partial charge >= 0.3 is 0 Å². The molecule has 4 aromatic rings. The minimum absolute atomic E-state index is 0.0545. The van der Waals surface area contributed by atoms with Gasteiger partial charge in [-0.05, 0) is 65.6 Å². The van der Waals surface area contributed by atoms with Crippen LogP contribution in [0, 0.1) is 18.3 Å². The normalized spacial score (nSPS) is 11.1. The number of amides is 1. The third kappa shape index (κ3) is 5.68. The summed E-state index contributed by atoms with van der Waals surface area (Å²) in [6, 6.07) is 26.9.